The molecule has 5 heteroatoms. The van der Waals surface area contributed by atoms with E-state index >= 15 is 0 Å². The van der Waals surface area contributed by atoms with Gasteiger partial charge >= 0.3 is 0 Å². The molecule has 1 unspecified atom stereocenters. The average Bonchev–Trinajstić information content (AvgIpc) is 2.30. The highest BCUT2D eigenvalue weighted by molar-refractivity contribution is 5.76. The molecule has 3 N–H and O–H groups in total. The van der Waals surface area contributed by atoms with Crippen molar-refractivity contribution in [2.45, 2.75) is 25.8 Å². The molecule has 96 valence electrons. The van der Waals surface area contributed by atoms with Gasteiger partial charge in [-0.25, -0.2) is 0 Å². The third-order valence-corrected chi connectivity index (χ3v) is 2.54. The zero-order chi connectivity index (χ0) is 12.4. The van der Waals surface area contributed by atoms with Crippen molar-refractivity contribution >= 4 is 5.91 Å². The largest absolute Gasteiger partial charge is 0.383 e. The Morgan fingerprint density at radius 1 is 1.56 bits per heavy atom. The number of nitrogens with two attached hydrogens (primary N) is 1. The van der Waals surface area contributed by atoms with Crippen LogP contribution >= 0.6 is 0 Å². The summed E-state index contributed by atoms with van der Waals surface area (Å²) >= 11 is 0. The van der Waals surface area contributed by atoms with Crippen molar-refractivity contribution in [1.82, 2.24) is 10.2 Å². The van der Waals surface area contributed by atoms with E-state index in [1.165, 1.54) is 0 Å². The Morgan fingerprint density at radius 2 is 2.25 bits per heavy atom. The molecule has 0 saturated carbocycles. The van der Waals surface area contributed by atoms with Gasteiger partial charge in [0.15, 0.2) is 0 Å². The van der Waals surface area contributed by atoms with Crippen molar-refractivity contribution in [2.75, 3.05) is 40.4 Å². The number of methoxy groups -OCH3 is 1. The number of amides is 1. The van der Waals surface area contributed by atoms with E-state index < -0.39 is 0 Å². The third-order valence-electron chi connectivity index (χ3n) is 2.54. The Kier molecular flexibility index (Phi) is 9.18. The molecule has 0 aliphatic carbocycles. The van der Waals surface area contributed by atoms with Crippen LogP contribution in [0, 0.1) is 0 Å². The molecule has 0 bridgehead atoms. The number of likely N-dealkylation sites (N-methyl/N-ethyl adjacent to an activating group) is 1. The van der Waals surface area contributed by atoms with Crippen molar-refractivity contribution in [3.05, 3.63) is 0 Å². The summed E-state index contributed by atoms with van der Waals surface area (Å²) in [5.41, 5.74) is 5.66. The van der Waals surface area contributed by atoms with Gasteiger partial charge in [0.2, 0.25) is 5.91 Å². The van der Waals surface area contributed by atoms with E-state index in [0.717, 1.165) is 19.5 Å². The van der Waals surface area contributed by atoms with Crippen LogP contribution in [0.4, 0.5) is 0 Å². The standard InChI is InChI=1S/C11H25N3O2/c1-4-5-13-11(15)8-10(9-12)14(2)6-7-16-3/h10H,4-9,12H2,1-3H3,(H,13,15). The van der Waals surface area contributed by atoms with Crippen LogP contribution in [-0.2, 0) is 9.53 Å². The molecule has 0 aromatic carbocycles. The molecule has 0 heterocycles. The number of hydrogen-bond donors (Lipinski definition) is 2. The maximum absolute atomic E-state index is 11.5. The van der Waals surface area contributed by atoms with E-state index in [1.807, 2.05) is 14.0 Å². The zero-order valence-corrected chi connectivity index (χ0v) is 10.7. The van der Waals surface area contributed by atoms with Crippen molar-refractivity contribution in [1.29, 1.82) is 0 Å². The Morgan fingerprint density at radius 3 is 2.75 bits per heavy atom. The molecule has 5 nitrogen and oxygen atoms in total. The monoisotopic (exact) mass is 231 g/mol. The predicted molar refractivity (Wildman–Crippen MR) is 65.3 cm³/mol. The van der Waals surface area contributed by atoms with Crippen LogP contribution in [0.15, 0.2) is 0 Å². The first-order valence-corrected chi connectivity index (χ1v) is 5.81. The van der Waals surface area contributed by atoms with Gasteiger partial charge in [-0.05, 0) is 13.5 Å². The summed E-state index contributed by atoms with van der Waals surface area (Å²) in [6, 6.07) is 0.0898. The molecule has 1 amide bonds. The molecule has 0 saturated heterocycles. The van der Waals surface area contributed by atoms with E-state index in [1.54, 1.807) is 7.11 Å². The van der Waals surface area contributed by atoms with E-state index in [-0.39, 0.29) is 11.9 Å². The molecular weight excluding hydrogens is 206 g/mol. The van der Waals surface area contributed by atoms with Crippen molar-refractivity contribution in [3.8, 4) is 0 Å². The average molecular weight is 231 g/mol. The fraction of sp³-hybridized carbons (Fsp3) is 0.909. The van der Waals surface area contributed by atoms with Gasteiger partial charge in [0.25, 0.3) is 0 Å². The summed E-state index contributed by atoms with van der Waals surface area (Å²) < 4.78 is 4.99. The smallest absolute Gasteiger partial charge is 0.221 e. The van der Waals surface area contributed by atoms with Gasteiger partial charge in [0.1, 0.15) is 0 Å². The molecule has 0 fully saturated rings. The number of nitrogens with one attached hydrogen (secondary N) is 1. The van der Waals surface area contributed by atoms with E-state index in [2.05, 4.69) is 10.2 Å². The number of carbonyl (C=O) groups excluding carboxylic acids is 1. The first-order chi connectivity index (χ1) is 7.65. The van der Waals surface area contributed by atoms with Gasteiger partial charge in [0, 0.05) is 39.2 Å². The quantitative estimate of drug-likeness (QED) is 0.577. The highest BCUT2D eigenvalue weighted by Crippen LogP contribution is 2.00. The van der Waals surface area contributed by atoms with Crippen LogP contribution in [0.1, 0.15) is 19.8 Å². The first-order valence-electron chi connectivity index (χ1n) is 5.81. The number of ether oxygens (including phenoxy) is 1. The van der Waals surface area contributed by atoms with Crippen LogP contribution in [0.2, 0.25) is 0 Å². The summed E-state index contributed by atoms with van der Waals surface area (Å²) in [4.78, 5) is 13.6. The number of rotatable bonds is 9. The lowest BCUT2D eigenvalue weighted by Gasteiger charge is -2.26. The van der Waals surface area contributed by atoms with Gasteiger partial charge in [0.05, 0.1) is 6.61 Å². The second-order valence-electron chi connectivity index (χ2n) is 3.92. The highest BCUT2D eigenvalue weighted by Gasteiger charge is 2.16. The van der Waals surface area contributed by atoms with Crippen LogP contribution in [0.3, 0.4) is 0 Å². The van der Waals surface area contributed by atoms with E-state index in [9.17, 15) is 4.79 Å². The molecule has 0 radical (unpaired) electrons. The summed E-state index contributed by atoms with van der Waals surface area (Å²) in [6.07, 6.45) is 1.41. The summed E-state index contributed by atoms with van der Waals surface area (Å²) in [5.74, 6) is 0.0709. The normalized spacial score (nSPS) is 12.8. The lowest BCUT2D eigenvalue weighted by atomic mass is 10.1. The minimum atomic E-state index is 0.0709. The number of nitrogens with zero attached hydrogens (tertiary/aromatic N) is 1. The molecule has 0 aliphatic heterocycles. The van der Waals surface area contributed by atoms with Gasteiger partial charge in [-0.15, -0.1) is 0 Å². The highest BCUT2D eigenvalue weighted by atomic mass is 16.5. The van der Waals surface area contributed by atoms with Crippen molar-refractivity contribution in [2.24, 2.45) is 5.73 Å². The minimum Gasteiger partial charge on any atom is -0.383 e. The van der Waals surface area contributed by atoms with Crippen molar-refractivity contribution < 1.29 is 9.53 Å². The third kappa shape index (κ3) is 6.76. The molecule has 0 aliphatic rings. The Hall–Kier alpha value is -0.650. The van der Waals surface area contributed by atoms with Crippen molar-refractivity contribution in [3.63, 3.8) is 0 Å². The fourth-order valence-electron chi connectivity index (χ4n) is 1.39. The molecule has 1 atom stereocenters. The number of carbonyl (C=O) groups is 1. The van der Waals surface area contributed by atoms with Gasteiger partial charge in [-0.2, -0.15) is 0 Å². The molecule has 0 rings (SSSR count). The van der Waals surface area contributed by atoms with E-state index in [0.29, 0.717) is 19.6 Å². The summed E-state index contributed by atoms with van der Waals surface area (Å²) in [7, 11) is 3.63. The fourth-order valence-corrected chi connectivity index (χ4v) is 1.39. The predicted octanol–water partition coefficient (Wildman–Crippen LogP) is -0.192. The van der Waals surface area contributed by atoms with Gasteiger partial charge < -0.3 is 15.8 Å². The van der Waals surface area contributed by atoms with Crippen LogP contribution < -0.4 is 11.1 Å². The lowest BCUT2D eigenvalue weighted by molar-refractivity contribution is -0.122. The molecular formula is C11H25N3O2. The SMILES string of the molecule is CCCNC(=O)CC(CN)N(C)CCOC. The molecule has 16 heavy (non-hydrogen) atoms. The molecule has 0 aromatic rings. The molecule has 0 aromatic heterocycles. The minimum absolute atomic E-state index is 0.0709. The Labute approximate surface area is 98.3 Å². The van der Waals surface area contributed by atoms with Crippen LogP contribution in [0.25, 0.3) is 0 Å². The van der Waals surface area contributed by atoms with Crippen LogP contribution in [-0.4, -0.2) is 57.2 Å². The number of hydrogen-bond acceptors (Lipinski definition) is 4. The Balaban J connectivity index is 3.92. The Bertz CT molecular complexity index is 188. The summed E-state index contributed by atoms with van der Waals surface area (Å²) in [6.45, 7) is 4.70. The molecule has 0 spiro atoms. The maximum Gasteiger partial charge on any atom is 0.221 e. The van der Waals surface area contributed by atoms with Gasteiger partial charge in [-0.3, -0.25) is 9.69 Å². The second-order valence-corrected chi connectivity index (χ2v) is 3.92. The van der Waals surface area contributed by atoms with Gasteiger partial charge in [-0.1, -0.05) is 6.92 Å². The lowest BCUT2D eigenvalue weighted by Crippen LogP contribution is -2.43. The summed E-state index contributed by atoms with van der Waals surface area (Å²) in [5, 5.41) is 2.86. The topological polar surface area (TPSA) is 67.6 Å². The first kappa shape index (κ1) is 15.3. The second kappa shape index (κ2) is 9.57. The van der Waals surface area contributed by atoms with E-state index in [4.69, 9.17) is 10.5 Å². The zero-order valence-electron chi connectivity index (χ0n) is 10.7. The maximum atomic E-state index is 11.5. The van der Waals surface area contributed by atoms with Crippen LogP contribution in [0.5, 0.6) is 0 Å².